The fourth-order valence-corrected chi connectivity index (χ4v) is 1.84. The highest BCUT2D eigenvalue weighted by atomic mass is 16.5. The van der Waals surface area contributed by atoms with E-state index in [0.717, 1.165) is 0 Å². The highest BCUT2D eigenvalue weighted by Crippen LogP contribution is 2.09. The SMILES string of the molecule is C[C@H](OC(=O)CCOc1ccccc1)C(=O)Nc1ccccc1. The number of carbonyl (C=O) groups excluding carboxylic acids is 2. The van der Waals surface area contributed by atoms with Crippen LogP contribution in [0.15, 0.2) is 60.7 Å². The first-order valence-corrected chi connectivity index (χ1v) is 7.38. The highest BCUT2D eigenvalue weighted by Gasteiger charge is 2.17. The molecule has 2 aromatic carbocycles. The number of hydrogen-bond acceptors (Lipinski definition) is 4. The molecule has 120 valence electrons. The van der Waals surface area contributed by atoms with Crippen molar-refractivity contribution in [2.24, 2.45) is 0 Å². The summed E-state index contributed by atoms with van der Waals surface area (Å²) >= 11 is 0. The number of ether oxygens (including phenoxy) is 2. The van der Waals surface area contributed by atoms with Gasteiger partial charge in [0, 0.05) is 5.69 Å². The van der Waals surface area contributed by atoms with Crippen molar-refractivity contribution in [2.45, 2.75) is 19.4 Å². The number of esters is 1. The van der Waals surface area contributed by atoms with Crippen LogP contribution in [0.25, 0.3) is 0 Å². The second-order valence-corrected chi connectivity index (χ2v) is 4.90. The Balaban J connectivity index is 1.70. The van der Waals surface area contributed by atoms with Gasteiger partial charge in [0.25, 0.3) is 5.91 Å². The summed E-state index contributed by atoms with van der Waals surface area (Å²) < 4.78 is 10.5. The van der Waals surface area contributed by atoms with Gasteiger partial charge in [-0.1, -0.05) is 36.4 Å². The van der Waals surface area contributed by atoms with Crippen molar-refractivity contribution in [3.8, 4) is 5.75 Å². The Labute approximate surface area is 135 Å². The lowest BCUT2D eigenvalue weighted by atomic mass is 10.3. The molecule has 2 rings (SSSR count). The first-order chi connectivity index (χ1) is 11.1. The second-order valence-electron chi connectivity index (χ2n) is 4.90. The third-order valence-corrected chi connectivity index (χ3v) is 3.04. The Morgan fingerprint density at radius 3 is 2.26 bits per heavy atom. The molecule has 0 unspecified atom stereocenters. The Morgan fingerprint density at radius 1 is 1.00 bits per heavy atom. The minimum atomic E-state index is -0.862. The van der Waals surface area contributed by atoms with Crippen LogP contribution in [0.1, 0.15) is 13.3 Å². The van der Waals surface area contributed by atoms with Crippen LogP contribution >= 0.6 is 0 Å². The molecule has 2 aromatic rings. The molecule has 0 aliphatic carbocycles. The number of hydrogen-bond donors (Lipinski definition) is 1. The normalized spacial score (nSPS) is 11.3. The van der Waals surface area contributed by atoms with Crippen LogP contribution in [0.5, 0.6) is 5.75 Å². The smallest absolute Gasteiger partial charge is 0.310 e. The first-order valence-electron chi connectivity index (χ1n) is 7.38. The van der Waals surface area contributed by atoms with Crippen LogP contribution in [0.2, 0.25) is 0 Å². The van der Waals surface area contributed by atoms with Crippen LogP contribution in [0.3, 0.4) is 0 Å². The first kappa shape index (κ1) is 16.5. The van der Waals surface area contributed by atoms with Crippen LogP contribution < -0.4 is 10.1 Å². The van der Waals surface area contributed by atoms with E-state index in [2.05, 4.69) is 5.32 Å². The molecule has 1 amide bonds. The molecular formula is C18H19NO4. The summed E-state index contributed by atoms with van der Waals surface area (Å²) in [6, 6.07) is 18.2. The lowest BCUT2D eigenvalue weighted by molar-refractivity contribution is -0.153. The average molecular weight is 313 g/mol. The largest absolute Gasteiger partial charge is 0.493 e. The zero-order valence-corrected chi connectivity index (χ0v) is 12.9. The third kappa shape index (κ3) is 5.82. The van der Waals surface area contributed by atoms with E-state index < -0.39 is 12.1 Å². The van der Waals surface area contributed by atoms with E-state index in [9.17, 15) is 9.59 Å². The standard InChI is InChI=1S/C18H19NO4/c1-14(18(21)19-15-8-4-2-5-9-15)23-17(20)12-13-22-16-10-6-3-7-11-16/h2-11,14H,12-13H2,1H3,(H,19,21)/t14-/m0/s1. The van der Waals surface area contributed by atoms with Crippen LogP contribution in [0, 0.1) is 0 Å². The van der Waals surface area contributed by atoms with Gasteiger partial charge < -0.3 is 14.8 Å². The maximum Gasteiger partial charge on any atom is 0.310 e. The summed E-state index contributed by atoms with van der Waals surface area (Å²) in [6.07, 6.45) is -0.780. The Hall–Kier alpha value is -2.82. The molecule has 0 bridgehead atoms. The molecule has 5 nitrogen and oxygen atoms in total. The molecule has 0 aliphatic heterocycles. The minimum Gasteiger partial charge on any atom is -0.493 e. The molecule has 0 saturated heterocycles. The zero-order chi connectivity index (χ0) is 16.5. The van der Waals surface area contributed by atoms with E-state index >= 15 is 0 Å². The number of amides is 1. The fraction of sp³-hybridized carbons (Fsp3) is 0.222. The van der Waals surface area contributed by atoms with Crippen molar-refractivity contribution in [3.05, 3.63) is 60.7 Å². The molecule has 0 spiro atoms. The van der Waals surface area contributed by atoms with Crippen molar-refractivity contribution in [1.82, 2.24) is 0 Å². The van der Waals surface area contributed by atoms with Gasteiger partial charge in [-0.3, -0.25) is 9.59 Å². The van der Waals surface area contributed by atoms with Gasteiger partial charge in [-0.2, -0.15) is 0 Å². The number of anilines is 1. The maximum absolute atomic E-state index is 11.9. The van der Waals surface area contributed by atoms with Gasteiger partial charge in [0.2, 0.25) is 0 Å². The highest BCUT2D eigenvalue weighted by molar-refractivity contribution is 5.95. The van der Waals surface area contributed by atoms with Crippen molar-refractivity contribution in [3.63, 3.8) is 0 Å². The summed E-state index contributed by atoms with van der Waals surface area (Å²) in [5.41, 5.74) is 0.660. The molecule has 0 fully saturated rings. The second kappa shape index (κ2) is 8.58. The van der Waals surface area contributed by atoms with Gasteiger partial charge in [-0.15, -0.1) is 0 Å². The van der Waals surface area contributed by atoms with Gasteiger partial charge in [-0.25, -0.2) is 0 Å². The van der Waals surface area contributed by atoms with E-state index in [0.29, 0.717) is 11.4 Å². The number of rotatable bonds is 7. The molecule has 23 heavy (non-hydrogen) atoms. The van der Waals surface area contributed by atoms with Gasteiger partial charge >= 0.3 is 5.97 Å². The van der Waals surface area contributed by atoms with Crippen LogP contribution in [-0.4, -0.2) is 24.6 Å². The van der Waals surface area contributed by atoms with E-state index in [-0.39, 0.29) is 18.9 Å². The predicted octanol–water partition coefficient (Wildman–Crippen LogP) is 3.03. The summed E-state index contributed by atoms with van der Waals surface area (Å²) in [6.45, 7) is 1.74. The molecule has 0 aromatic heterocycles. The third-order valence-electron chi connectivity index (χ3n) is 3.04. The van der Waals surface area contributed by atoms with Crippen LogP contribution in [-0.2, 0) is 14.3 Å². The van der Waals surface area contributed by atoms with Crippen LogP contribution in [0.4, 0.5) is 5.69 Å². The van der Waals surface area contributed by atoms with Crippen molar-refractivity contribution < 1.29 is 19.1 Å². The zero-order valence-electron chi connectivity index (χ0n) is 12.9. The number of para-hydroxylation sites is 2. The molecular weight excluding hydrogens is 294 g/mol. The van der Waals surface area contributed by atoms with Gasteiger partial charge in [-0.05, 0) is 31.2 Å². The molecule has 1 N–H and O–H groups in total. The monoisotopic (exact) mass is 313 g/mol. The lowest BCUT2D eigenvalue weighted by Gasteiger charge is -2.13. The summed E-state index contributed by atoms with van der Waals surface area (Å²) in [7, 11) is 0. The topological polar surface area (TPSA) is 64.6 Å². The predicted molar refractivity (Wildman–Crippen MR) is 87.2 cm³/mol. The van der Waals surface area contributed by atoms with E-state index in [4.69, 9.17) is 9.47 Å². The minimum absolute atomic E-state index is 0.0812. The van der Waals surface area contributed by atoms with Crippen molar-refractivity contribution in [1.29, 1.82) is 0 Å². The molecule has 5 heteroatoms. The molecule has 0 radical (unpaired) electrons. The van der Waals surface area contributed by atoms with Gasteiger partial charge in [0.15, 0.2) is 6.10 Å². The van der Waals surface area contributed by atoms with Gasteiger partial charge in [0.1, 0.15) is 5.75 Å². The number of benzene rings is 2. The maximum atomic E-state index is 11.9. The summed E-state index contributed by atoms with van der Waals surface area (Å²) in [5, 5.41) is 2.68. The molecule has 0 aliphatic rings. The van der Waals surface area contributed by atoms with Crippen molar-refractivity contribution in [2.75, 3.05) is 11.9 Å². The number of nitrogens with one attached hydrogen (secondary N) is 1. The summed E-state index contributed by atoms with van der Waals surface area (Å²) in [5.74, 6) is -0.152. The van der Waals surface area contributed by atoms with E-state index in [1.54, 1.807) is 24.3 Å². The Kier molecular flexibility index (Phi) is 6.17. The van der Waals surface area contributed by atoms with Gasteiger partial charge in [0.05, 0.1) is 13.0 Å². The van der Waals surface area contributed by atoms with E-state index in [1.165, 1.54) is 6.92 Å². The fourth-order valence-electron chi connectivity index (χ4n) is 1.84. The quantitative estimate of drug-likeness (QED) is 0.798. The molecule has 0 heterocycles. The molecule has 0 saturated carbocycles. The van der Waals surface area contributed by atoms with E-state index in [1.807, 2.05) is 36.4 Å². The summed E-state index contributed by atoms with van der Waals surface area (Å²) in [4.78, 5) is 23.6. The average Bonchev–Trinajstić information content (AvgIpc) is 2.56. The number of carbonyl (C=O) groups is 2. The Bertz CT molecular complexity index is 628. The molecule has 1 atom stereocenters. The lowest BCUT2D eigenvalue weighted by Crippen LogP contribution is -2.30. The Morgan fingerprint density at radius 2 is 1.61 bits per heavy atom. The van der Waals surface area contributed by atoms with Crippen molar-refractivity contribution >= 4 is 17.6 Å².